The molecule has 1 aliphatic heterocycles. The van der Waals surface area contributed by atoms with Gasteiger partial charge in [0.05, 0.1) is 0 Å². The molecule has 6 heteroatoms. The summed E-state index contributed by atoms with van der Waals surface area (Å²) in [6.07, 6.45) is 6.79. The minimum atomic E-state index is -0.0510. The maximum atomic E-state index is 12.5. The van der Waals surface area contributed by atoms with Gasteiger partial charge >= 0.3 is 0 Å². The summed E-state index contributed by atoms with van der Waals surface area (Å²) in [5.74, 6) is -0.0510. The Bertz CT molecular complexity index is 520. The van der Waals surface area contributed by atoms with Gasteiger partial charge in [0.25, 0.3) is 5.91 Å². The number of H-pyrrole nitrogens is 1. The van der Waals surface area contributed by atoms with Crippen molar-refractivity contribution in [2.45, 2.75) is 45.1 Å². The lowest BCUT2D eigenvalue weighted by atomic mass is 9.83. The van der Waals surface area contributed by atoms with Gasteiger partial charge in [0.2, 0.25) is 0 Å². The van der Waals surface area contributed by atoms with Crippen LogP contribution in [0.25, 0.3) is 0 Å². The van der Waals surface area contributed by atoms with Crippen LogP contribution in [0.1, 0.15) is 53.8 Å². The molecular formula is C16H26N4O2. The number of hydrogen-bond donors (Lipinski definition) is 3. The Morgan fingerprint density at radius 3 is 3.00 bits per heavy atom. The standard InChI is InChI=1S/C16H26N4O2/c1-22-9-7-16(5-2-3-6-16)11-18-15(21)14-12-10-17-8-4-13(12)19-20-14/h17H,2-11H2,1H3,(H,18,21)(H,19,20). The maximum Gasteiger partial charge on any atom is 0.272 e. The van der Waals surface area contributed by atoms with Gasteiger partial charge in [-0.15, -0.1) is 0 Å². The van der Waals surface area contributed by atoms with Crippen LogP contribution in [0.4, 0.5) is 0 Å². The lowest BCUT2D eigenvalue weighted by Gasteiger charge is -2.29. The first-order chi connectivity index (χ1) is 10.7. The molecule has 6 nitrogen and oxygen atoms in total. The van der Waals surface area contributed by atoms with E-state index >= 15 is 0 Å². The number of carbonyl (C=O) groups excluding carboxylic acids is 1. The molecule has 122 valence electrons. The van der Waals surface area contributed by atoms with Gasteiger partial charge in [-0.3, -0.25) is 9.89 Å². The monoisotopic (exact) mass is 306 g/mol. The second kappa shape index (κ2) is 6.79. The number of nitrogens with zero attached hydrogens (tertiary/aromatic N) is 1. The Kier molecular flexibility index (Phi) is 4.78. The minimum absolute atomic E-state index is 0.0510. The van der Waals surface area contributed by atoms with Gasteiger partial charge in [-0.25, -0.2) is 0 Å². The quantitative estimate of drug-likeness (QED) is 0.742. The van der Waals surface area contributed by atoms with Crippen molar-refractivity contribution in [1.82, 2.24) is 20.8 Å². The number of hydrogen-bond acceptors (Lipinski definition) is 4. The van der Waals surface area contributed by atoms with Crippen LogP contribution in [0, 0.1) is 5.41 Å². The Hall–Kier alpha value is -1.40. The van der Waals surface area contributed by atoms with Gasteiger partial charge in [-0.2, -0.15) is 5.10 Å². The smallest absolute Gasteiger partial charge is 0.272 e. The van der Waals surface area contributed by atoms with E-state index in [1.807, 2.05) is 0 Å². The van der Waals surface area contributed by atoms with Crippen molar-refractivity contribution in [3.63, 3.8) is 0 Å². The Morgan fingerprint density at radius 2 is 2.23 bits per heavy atom. The van der Waals surface area contributed by atoms with Crippen molar-refractivity contribution >= 4 is 5.91 Å². The van der Waals surface area contributed by atoms with Gasteiger partial charge in [0.1, 0.15) is 0 Å². The summed E-state index contributed by atoms with van der Waals surface area (Å²) in [6, 6.07) is 0. The highest BCUT2D eigenvalue weighted by atomic mass is 16.5. The van der Waals surface area contributed by atoms with E-state index in [2.05, 4.69) is 20.8 Å². The molecule has 0 saturated heterocycles. The molecule has 22 heavy (non-hydrogen) atoms. The number of aromatic nitrogens is 2. The van der Waals surface area contributed by atoms with E-state index in [4.69, 9.17) is 4.74 Å². The van der Waals surface area contributed by atoms with Crippen LogP contribution in [-0.2, 0) is 17.7 Å². The van der Waals surface area contributed by atoms with E-state index in [-0.39, 0.29) is 11.3 Å². The molecule has 0 spiro atoms. The topological polar surface area (TPSA) is 79.0 Å². The maximum absolute atomic E-state index is 12.5. The first kappa shape index (κ1) is 15.5. The number of fused-ring (bicyclic) bond motifs is 1. The van der Waals surface area contributed by atoms with Crippen LogP contribution in [0.5, 0.6) is 0 Å². The summed E-state index contributed by atoms with van der Waals surface area (Å²) in [6.45, 7) is 3.15. The second-order valence-corrected chi connectivity index (χ2v) is 6.59. The fraction of sp³-hybridized carbons (Fsp3) is 0.750. The lowest BCUT2D eigenvalue weighted by Crippen LogP contribution is -2.37. The molecule has 0 radical (unpaired) electrons. The number of methoxy groups -OCH3 is 1. The highest BCUT2D eigenvalue weighted by molar-refractivity contribution is 5.94. The van der Waals surface area contributed by atoms with Crippen molar-refractivity contribution < 1.29 is 9.53 Å². The van der Waals surface area contributed by atoms with Crippen LogP contribution < -0.4 is 10.6 Å². The molecule has 1 amide bonds. The summed E-state index contributed by atoms with van der Waals surface area (Å²) in [7, 11) is 1.74. The molecule has 0 bridgehead atoms. The summed E-state index contributed by atoms with van der Waals surface area (Å²) < 4.78 is 5.24. The lowest BCUT2D eigenvalue weighted by molar-refractivity contribution is 0.0897. The van der Waals surface area contributed by atoms with Gasteiger partial charge in [0.15, 0.2) is 5.69 Å². The summed E-state index contributed by atoms with van der Waals surface area (Å²) in [4.78, 5) is 12.5. The minimum Gasteiger partial charge on any atom is -0.385 e. The molecule has 1 saturated carbocycles. The third kappa shape index (κ3) is 3.17. The van der Waals surface area contributed by atoms with Crippen LogP contribution in [0.2, 0.25) is 0 Å². The fourth-order valence-corrected chi connectivity index (χ4v) is 3.72. The van der Waals surface area contributed by atoms with Gasteiger partial charge < -0.3 is 15.4 Å². The number of ether oxygens (including phenoxy) is 1. The van der Waals surface area contributed by atoms with Crippen LogP contribution >= 0.6 is 0 Å². The molecule has 2 aliphatic rings. The Labute approximate surface area is 131 Å². The molecular weight excluding hydrogens is 280 g/mol. The van der Waals surface area contributed by atoms with Gasteiger partial charge in [-0.05, 0) is 24.7 Å². The predicted octanol–water partition coefficient (Wildman–Crippen LogP) is 1.38. The predicted molar refractivity (Wildman–Crippen MR) is 83.7 cm³/mol. The average Bonchev–Trinajstić information content (AvgIpc) is 3.18. The number of rotatable bonds is 6. The fourth-order valence-electron chi connectivity index (χ4n) is 3.72. The molecule has 1 aromatic rings. The number of nitrogens with one attached hydrogen (secondary N) is 3. The van der Waals surface area contributed by atoms with Crippen molar-refractivity contribution in [3.05, 3.63) is 17.0 Å². The molecule has 1 aliphatic carbocycles. The summed E-state index contributed by atoms with van der Waals surface area (Å²) in [5.41, 5.74) is 2.89. The third-order valence-electron chi connectivity index (χ3n) is 5.15. The zero-order chi connectivity index (χ0) is 15.4. The molecule has 3 rings (SSSR count). The van der Waals surface area contributed by atoms with Crippen molar-refractivity contribution in [2.24, 2.45) is 5.41 Å². The van der Waals surface area contributed by atoms with E-state index in [1.54, 1.807) is 7.11 Å². The number of carbonyl (C=O) groups is 1. The highest BCUT2D eigenvalue weighted by Crippen LogP contribution is 2.40. The normalized spacial score (nSPS) is 19.9. The second-order valence-electron chi connectivity index (χ2n) is 6.59. The molecule has 1 aromatic heterocycles. The van der Waals surface area contributed by atoms with Gasteiger partial charge in [-0.1, -0.05) is 12.8 Å². The molecule has 2 heterocycles. The van der Waals surface area contributed by atoms with Crippen molar-refractivity contribution in [2.75, 3.05) is 26.8 Å². The molecule has 0 aromatic carbocycles. The van der Waals surface area contributed by atoms with E-state index < -0.39 is 0 Å². The van der Waals surface area contributed by atoms with Crippen LogP contribution in [0.3, 0.4) is 0 Å². The van der Waals surface area contributed by atoms with E-state index in [0.717, 1.165) is 50.3 Å². The zero-order valence-corrected chi connectivity index (χ0v) is 13.3. The highest BCUT2D eigenvalue weighted by Gasteiger charge is 2.34. The zero-order valence-electron chi connectivity index (χ0n) is 13.3. The third-order valence-corrected chi connectivity index (χ3v) is 5.15. The summed E-state index contributed by atoms with van der Waals surface area (Å²) in [5, 5.41) is 13.7. The van der Waals surface area contributed by atoms with E-state index in [1.165, 1.54) is 25.7 Å². The molecule has 0 unspecified atom stereocenters. The molecule has 0 atom stereocenters. The van der Waals surface area contributed by atoms with Crippen molar-refractivity contribution in [3.8, 4) is 0 Å². The molecule has 3 N–H and O–H groups in total. The van der Waals surface area contributed by atoms with Crippen molar-refractivity contribution in [1.29, 1.82) is 0 Å². The Morgan fingerprint density at radius 1 is 1.41 bits per heavy atom. The van der Waals surface area contributed by atoms with Gasteiger partial charge in [0, 0.05) is 51.0 Å². The first-order valence-electron chi connectivity index (χ1n) is 8.28. The SMILES string of the molecule is COCCC1(CNC(=O)c2n[nH]c3c2CNCC3)CCCC1. The summed E-state index contributed by atoms with van der Waals surface area (Å²) >= 11 is 0. The van der Waals surface area contributed by atoms with E-state index in [0.29, 0.717) is 5.69 Å². The van der Waals surface area contributed by atoms with E-state index in [9.17, 15) is 4.79 Å². The van der Waals surface area contributed by atoms with Crippen LogP contribution in [-0.4, -0.2) is 42.9 Å². The van der Waals surface area contributed by atoms with Crippen LogP contribution in [0.15, 0.2) is 0 Å². The molecule has 1 fully saturated rings. The Balaban J connectivity index is 1.62. The number of aromatic amines is 1. The number of amides is 1. The largest absolute Gasteiger partial charge is 0.385 e. The average molecular weight is 306 g/mol. The first-order valence-corrected chi connectivity index (χ1v) is 8.28.